The Hall–Kier alpha value is -2.14. The van der Waals surface area contributed by atoms with Crippen LogP contribution < -0.4 is 5.32 Å². The number of hydrogen-bond donors (Lipinski definition) is 1. The van der Waals surface area contributed by atoms with Crippen LogP contribution in [0.15, 0.2) is 54.4 Å². The third kappa shape index (κ3) is 2.97. The normalized spacial score (nSPS) is 12.5. The number of anilines is 1. The molecule has 0 saturated heterocycles. The summed E-state index contributed by atoms with van der Waals surface area (Å²) in [6.45, 7) is 4.46. The summed E-state index contributed by atoms with van der Waals surface area (Å²) in [5.41, 5.74) is 2.08. The van der Waals surface area contributed by atoms with Crippen molar-refractivity contribution in [1.82, 2.24) is 14.8 Å². The van der Waals surface area contributed by atoms with E-state index in [9.17, 15) is 0 Å². The highest BCUT2D eigenvalue weighted by molar-refractivity contribution is 7.10. The van der Waals surface area contributed by atoms with Crippen LogP contribution in [0.5, 0.6) is 0 Å². The minimum atomic E-state index is 0.287. The predicted octanol–water partition coefficient (Wildman–Crippen LogP) is 4.14. The van der Waals surface area contributed by atoms with Crippen LogP contribution in [0, 0.1) is 5.92 Å². The minimum absolute atomic E-state index is 0.287. The first-order valence-electron chi connectivity index (χ1n) is 6.99. The number of rotatable bonds is 5. The van der Waals surface area contributed by atoms with Gasteiger partial charge in [0.05, 0.1) is 17.4 Å². The summed E-state index contributed by atoms with van der Waals surface area (Å²) < 4.78 is 1.79. The van der Waals surface area contributed by atoms with Gasteiger partial charge in [0.15, 0.2) is 0 Å². The maximum absolute atomic E-state index is 4.23. The highest BCUT2D eigenvalue weighted by Gasteiger charge is 2.18. The van der Waals surface area contributed by atoms with E-state index in [2.05, 4.69) is 52.8 Å². The molecule has 5 heteroatoms. The number of para-hydroxylation sites is 2. The molecule has 0 amide bonds. The Morgan fingerprint density at radius 2 is 2.00 bits per heavy atom. The van der Waals surface area contributed by atoms with E-state index in [0.29, 0.717) is 5.92 Å². The third-order valence-corrected chi connectivity index (χ3v) is 4.35. The van der Waals surface area contributed by atoms with Crippen LogP contribution in [0.1, 0.15) is 24.8 Å². The molecule has 1 atom stereocenters. The van der Waals surface area contributed by atoms with Crippen molar-refractivity contribution in [3.05, 3.63) is 59.3 Å². The van der Waals surface area contributed by atoms with Crippen molar-refractivity contribution in [3.8, 4) is 5.69 Å². The van der Waals surface area contributed by atoms with E-state index in [4.69, 9.17) is 0 Å². The van der Waals surface area contributed by atoms with Crippen LogP contribution >= 0.6 is 11.3 Å². The van der Waals surface area contributed by atoms with E-state index < -0.39 is 0 Å². The second-order valence-electron chi connectivity index (χ2n) is 5.24. The van der Waals surface area contributed by atoms with Crippen LogP contribution in [0.25, 0.3) is 5.69 Å². The standard InChI is InChI=1S/C16H18N4S/c1-12(2)16(15-8-5-9-21-15)19-13-6-3-4-7-14(13)20-11-17-10-18-20/h3-12,16,19H,1-2H3. The molecule has 4 nitrogen and oxygen atoms in total. The van der Waals surface area contributed by atoms with Gasteiger partial charge >= 0.3 is 0 Å². The molecular weight excluding hydrogens is 280 g/mol. The first-order chi connectivity index (χ1) is 10.3. The molecule has 3 rings (SSSR count). The topological polar surface area (TPSA) is 42.7 Å². The van der Waals surface area contributed by atoms with E-state index in [1.165, 1.54) is 4.88 Å². The zero-order valence-electron chi connectivity index (χ0n) is 12.1. The molecule has 0 saturated carbocycles. The Bertz CT molecular complexity index is 674. The number of nitrogens with zero attached hydrogens (tertiary/aromatic N) is 3. The van der Waals surface area contributed by atoms with Gasteiger partial charge in [-0.2, -0.15) is 5.10 Å². The average molecular weight is 298 g/mol. The fourth-order valence-electron chi connectivity index (χ4n) is 2.33. The molecule has 1 N–H and O–H groups in total. The Morgan fingerprint density at radius 3 is 2.67 bits per heavy atom. The zero-order valence-corrected chi connectivity index (χ0v) is 12.9. The van der Waals surface area contributed by atoms with Crippen LogP contribution in [-0.4, -0.2) is 14.8 Å². The van der Waals surface area contributed by atoms with Crippen molar-refractivity contribution in [2.75, 3.05) is 5.32 Å². The van der Waals surface area contributed by atoms with E-state index in [0.717, 1.165) is 11.4 Å². The molecule has 0 fully saturated rings. The van der Waals surface area contributed by atoms with Crippen molar-refractivity contribution >= 4 is 17.0 Å². The zero-order chi connectivity index (χ0) is 14.7. The molecule has 0 aliphatic carbocycles. The summed E-state index contributed by atoms with van der Waals surface area (Å²) in [5.74, 6) is 0.493. The van der Waals surface area contributed by atoms with Gasteiger partial charge in [0.25, 0.3) is 0 Å². The molecule has 108 valence electrons. The Morgan fingerprint density at radius 1 is 1.14 bits per heavy atom. The number of thiophene rings is 1. The van der Waals surface area contributed by atoms with E-state index >= 15 is 0 Å². The number of hydrogen-bond acceptors (Lipinski definition) is 4. The van der Waals surface area contributed by atoms with Gasteiger partial charge in [0, 0.05) is 4.88 Å². The Kier molecular flexibility index (Phi) is 4.01. The van der Waals surface area contributed by atoms with Crippen LogP contribution in [0.2, 0.25) is 0 Å². The SMILES string of the molecule is CC(C)C(Nc1ccccc1-n1cncn1)c1cccs1. The van der Waals surface area contributed by atoms with Gasteiger partial charge in [-0.05, 0) is 29.5 Å². The summed E-state index contributed by atoms with van der Waals surface area (Å²) in [6, 6.07) is 12.7. The molecule has 3 aromatic rings. The largest absolute Gasteiger partial charge is 0.375 e. The maximum atomic E-state index is 4.23. The minimum Gasteiger partial charge on any atom is -0.375 e. The number of benzene rings is 1. The quantitative estimate of drug-likeness (QED) is 0.770. The van der Waals surface area contributed by atoms with E-state index in [1.807, 2.05) is 18.2 Å². The van der Waals surface area contributed by atoms with Gasteiger partial charge in [-0.1, -0.05) is 32.0 Å². The van der Waals surface area contributed by atoms with Crippen LogP contribution in [0.3, 0.4) is 0 Å². The van der Waals surface area contributed by atoms with Crippen molar-refractivity contribution in [1.29, 1.82) is 0 Å². The monoisotopic (exact) mass is 298 g/mol. The van der Waals surface area contributed by atoms with Crippen molar-refractivity contribution in [3.63, 3.8) is 0 Å². The number of aromatic nitrogens is 3. The lowest BCUT2D eigenvalue weighted by molar-refractivity contribution is 0.553. The highest BCUT2D eigenvalue weighted by Crippen LogP contribution is 2.31. The van der Waals surface area contributed by atoms with Crippen LogP contribution in [0.4, 0.5) is 5.69 Å². The molecular formula is C16H18N4S. The third-order valence-electron chi connectivity index (χ3n) is 3.40. The van der Waals surface area contributed by atoms with Gasteiger partial charge in [-0.25, -0.2) is 9.67 Å². The van der Waals surface area contributed by atoms with Gasteiger partial charge in [-0.15, -0.1) is 11.3 Å². The first kappa shape index (κ1) is 13.8. The second kappa shape index (κ2) is 6.10. The maximum Gasteiger partial charge on any atom is 0.138 e. The number of nitrogens with one attached hydrogen (secondary N) is 1. The molecule has 0 aliphatic rings. The lowest BCUT2D eigenvalue weighted by atomic mass is 10.0. The fourth-order valence-corrected chi connectivity index (χ4v) is 3.28. The molecule has 1 aromatic carbocycles. The molecule has 2 heterocycles. The highest BCUT2D eigenvalue weighted by atomic mass is 32.1. The summed E-state index contributed by atoms with van der Waals surface area (Å²) in [7, 11) is 0. The van der Waals surface area contributed by atoms with E-state index in [-0.39, 0.29) is 6.04 Å². The molecule has 2 aromatic heterocycles. The second-order valence-corrected chi connectivity index (χ2v) is 6.22. The van der Waals surface area contributed by atoms with Gasteiger partial charge in [0.1, 0.15) is 12.7 Å². The predicted molar refractivity (Wildman–Crippen MR) is 86.9 cm³/mol. The molecule has 0 radical (unpaired) electrons. The fraction of sp³-hybridized carbons (Fsp3) is 0.250. The lowest BCUT2D eigenvalue weighted by Gasteiger charge is -2.24. The summed E-state index contributed by atoms with van der Waals surface area (Å²) in [6.07, 6.45) is 3.27. The van der Waals surface area contributed by atoms with Gasteiger partial charge < -0.3 is 5.32 Å². The first-order valence-corrected chi connectivity index (χ1v) is 7.87. The molecule has 21 heavy (non-hydrogen) atoms. The summed E-state index contributed by atoms with van der Waals surface area (Å²) in [4.78, 5) is 5.38. The summed E-state index contributed by atoms with van der Waals surface area (Å²) in [5, 5.41) is 10.0. The van der Waals surface area contributed by atoms with Crippen LogP contribution in [-0.2, 0) is 0 Å². The average Bonchev–Trinajstić information content (AvgIpc) is 3.18. The molecule has 0 aliphatic heterocycles. The lowest BCUT2D eigenvalue weighted by Crippen LogP contribution is -2.17. The van der Waals surface area contributed by atoms with E-state index in [1.54, 1.807) is 28.7 Å². The van der Waals surface area contributed by atoms with Crippen molar-refractivity contribution in [2.45, 2.75) is 19.9 Å². The smallest absolute Gasteiger partial charge is 0.138 e. The Balaban J connectivity index is 1.94. The molecule has 0 bridgehead atoms. The summed E-state index contributed by atoms with van der Waals surface area (Å²) >= 11 is 1.78. The van der Waals surface area contributed by atoms with Crippen molar-refractivity contribution < 1.29 is 0 Å². The Labute approximate surface area is 128 Å². The van der Waals surface area contributed by atoms with Gasteiger partial charge in [0.2, 0.25) is 0 Å². The molecule has 1 unspecified atom stereocenters. The molecule has 0 spiro atoms. The van der Waals surface area contributed by atoms with Crippen molar-refractivity contribution in [2.24, 2.45) is 5.92 Å². The van der Waals surface area contributed by atoms with Gasteiger partial charge in [-0.3, -0.25) is 0 Å².